The molecule has 0 saturated heterocycles. The number of hydrogen-bond donors (Lipinski definition) is 1. The number of carbonyl (C=O) groups is 2. The average molecular weight is 672 g/mol. The molecule has 0 radical (unpaired) electrons. The highest BCUT2D eigenvalue weighted by Crippen LogP contribution is 2.25. The smallest absolute Gasteiger partial charge is 0.271 e. The number of non-ortho nitro benzene ring substituents is 1. The van der Waals surface area contributed by atoms with E-state index in [1.165, 1.54) is 23.1 Å². The lowest BCUT2D eigenvalue weighted by atomic mass is 9.94. The van der Waals surface area contributed by atoms with Crippen LogP contribution in [0.1, 0.15) is 43.2 Å². The summed E-state index contributed by atoms with van der Waals surface area (Å²) in [7, 11) is -4.04. The Labute approximate surface area is 260 Å². The van der Waals surface area contributed by atoms with Gasteiger partial charge in [0.05, 0.1) is 16.9 Å². The number of sulfonamides is 1. The Bertz CT molecular complexity index is 1530. The number of nitrogens with one attached hydrogen (secondary N) is 1. The normalized spacial score (nSPS) is 14.5. The van der Waals surface area contributed by atoms with E-state index in [-0.39, 0.29) is 36.3 Å². The molecule has 1 atom stereocenters. The van der Waals surface area contributed by atoms with Crippen molar-refractivity contribution in [1.29, 1.82) is 0 Å². The first-order valence-electron chi connectivity index (χ1n) is 14.1. The molecule has 12 heteroatoms. The number of nitro benzene ring substituents is 1. The fourth-order valence-electron chi connectivity index (χ4n) is 5.26. The third-order valence-corrected chi connectivity index (χ3v) is 9.17. The highest BCUT2D eigenvalue weighted by atomic mass is 79.9. The van der Waals surface area contributed by atoms with Gasteiger partial charge in [0.2, 0.25) is 21.8 Å². The monoisotopic (exact) mass is 670 g/mol. The summed E-state index contributed by atoms with van der Waals surface area (Å²) in [6.07, 6.45) is 6.03. The van der Waals surface area contributed by atoms with Crippen LogP contribution in [0.3, 0.4) is 0 Å². The van der Waals surface area contributed by atoms with E-state index in [4.69, 9.17) is 0 Å². The lowest BCUT2D eigenvalue weighted by Gasteiger charge is -2.35. The molecule has 3 aromatic carbocycles. The third kappa shape index (κ3) is 9.11. The summed E-state index contributed by atoms with van der Waals surface area (Å²) in [6, 6.07) is 20.9. The Kier molecular flexibility index (Phi) is 10.9. The van der Waals surface area contributed by atoms with Gasteiger partial charge in [-0.3, -0.25) is 24.0 Å². The SMILES string of the molecule is CS(=O)(=O)N(CC(=O)N(Cc1ccc(Br)cc1)C(Cc1ccccc1)C(=O)NC1CCCCC1)c1cccc([N+](=O)[O-])c1. The molecule has 228 valence electrons. The zero-order chi connectivity index (χ0) is 31.0. The van der Waals surface area contributed by atoms with Gasteiger partial charge in [-0.15, -0.1) is 0 Å². The largest absolute Gasteiger partial charge is 0.352 e. The maximum Gasteiger partial charge on any atom is 0.271 e. The Balaban J connectivity index is 1.73. The van der Waals surface area contributed by atoms with Crippen LogP contribution in [0.5, 0.6) is 0 Å². The quantitative estimate of drug-likeness (QED) is 0.208. The van der Waals surface area contributed by atoms with Crippen molar-refractivity contribution < 1.29 is 22.9 Å². The van der Waals surface area contributed by atoms with Crippen molar-refractivity contribution in [3.8, 4) is 0 Å². The molecule has 1 aliphatic carbocycles. The molecule has 10 nitrogen and oxygen atoms in total. The molecule has 0 aromatic heterocycles. The standard InChI is InChI=1S/C31H35BrN4O6S/c1-43(41,42)35(27-13-8-14-28(20-27)36(39)40)22-30(37)34(21-24-15-17-25(32)18-16-24)29(19-23-9-4-2-5-10-23)31(38)33-26-11-6-3-7-12-26/h2,4-5,8-10,13-18,20,26,29H,3,6-7,11-12,19,21-22H2,1H3,(H,33,38). The van der Waals surface area contributed by atoms with Crippen LogP contribution >= 0.6 is 15.9 Å². The number of amides is 2. The van der Waals surface area contributed by atoms with Gasteiger partial charge in [-0.25, -0.2) is 8.42 Å². The molecular formula is C31H35BrN4O6S. The second-order valence-electron chi connectivity index (χ2n) is 10.7. The van der Waals surface area contributed by atoms with Crippen molar-refractivity contribution in [3.05, 3.63) is 105 Å². The van der Waals surface area contributed by atoms with Crippen LogP contribution in [0.15, 0.2) is 83.3 Å². The maximum atomic E-state index is 14.2. The van der Waals surface area contributed by atoms with Crippen molar-refractivity contribution >= 4 is 49.1 Å². The van der Waals surface area contributed by atoms with E-state index in [9.17, 15) is 28.1 Å². The van der Waals surface area contributed by atoms with Gasteiger partial charge in [0.25, 0.3) is 5.69 Å². The number of rotatable bonds is 12. The minimum atomic E-state index is -4.04. The minimum Gasteiger partial charge on any atom is -0.352 e. The van der Waals surface area contributed by atoms with E-state index in [2.05, 4.69) is 21.2 Å². The van der Waals surface area contributed by atoms with E-state index in [0.29, 0.717) is 0 Å². The van der Waals surface area contributed by atoms with Gasteiger partial charge >= 0.3 is 0 Å². The first-order chi connectivity index (χ1) is 20.5. The van der Waals surface area contributed by atoms with Crippen molar-refractivity contribution in [2.24, 2.45) is 0 Å². The van der Waals surface area contributed by atoms with Crippen LogP contribution in [-0.4, -0.2) is 54.9 Å². The molecule has 1 saturated carbocycles. The average Bonchev–Trinajstić information content (AvgIpc) is 2.99. The molecule has 43 heavy (non-hydrogen) atoms. The summed E-state index contributed by atoms with van der Waals surface area (Å²) < 4.78 is 27.5. The summed E-state index contributed by atoms with van der Waals surface area (Å²) in [5.41, 5.74) is 1.28. The van der Waals surface area contributed by atoms with Crippen LogP contribution < -0.4 is 9.62 Å². The predicted octanol–water partition coefficient (Wildman–Crippen LogP) is 5.21. The van der Waals surface area contributed by atoms with E-state index >= 15 is 0 Å². The van der Waals surface area contributed by atoms with E-state index < -0.39 is 33.4 Å². The topological polar surface area (TPSA) is 130 Å². The first kappa shape index (κ1) is 32.2. The van der Waals surface area contributed by atoms with Gasteiger partial charge in [-0.2, -0.15) is 0 Å². The van der Waals surface area contributed by atoms with E-state index in [1.54, 1.807) is 0 Å². The number of carbonyl (C=O) groups excluding carboxylic acids is 2. The lowest BCUT2D eigenvalue weighted by Crippen LogP contribution is -2.55. The summed E-state index contributed by atoms with van der Waals surface area (Å²) >= 11 is 3.42. The second-order valence-corrected chi connectivity index (χ2v) is 13.6. The van der Waals surface area contributed by atoms with Crippen molar-refractivity contribution in [3.63, 3.8) is 0 Å². The van der Waals surface area contributed by atoms with Crippen LogP contribution in [-0.2, 0) is 32.6 Å². The predicted molar refractivity (Wildman–Crippen MR) is 169 cm³/mol. The molecule has 1 aliphatic rings. The number of nitro groups is 1. The highest BCUT2D eigenvalue weighted by molar-refractivity contribution is 9.10. The second kappa shape index (κ2) is 14.6. The molecule has 1 unspecified atom stereocenters. The van der Waals surface area contributed by atoms with Crippen molar-refractivity contribution in [2.75, 3.05) is 17.1 Å². The third-order valence-electron chi connectivity index (χ3n) is 7.50. The molecule has 3 aromatic rings. The molecule has 1 N–H and O–H groups in total. The summed E-state index contributed by atoms with van der Waals surface area (Å²) in [5.74, 6) is -0.915. The minimum absolute atomic E-state index is 0.00143. The molecule has 0 spiro atoms. The Morgan fingerprint density at radius 1 is 0.977 bits per heavy atom. The van der Waals surface area contributed by atoms with Crippen molar-refractivity contribution in [2.45, 2.75) is 57.2 Å². The van der Waals surface area contributed by atoms with Gasteiger partial charge in [0.15, 0.2) is 0 Å². The zero-order valence-corrected chi connectivity index (χ0v) is 26.3. The van der Waals surface area contributed by atoms with Gasteiger partial charge in [0.1, 0.15) is 12.6 Å². The molecule has 1 fully saturated rings. The first-order valence-corrected chi connectivity index (χ1v) is 16.8. The zero-order valence-electron chi connectivity index (χ0n) is 23.9. The maximum absolute atomic E-state index is 14.2. The number of benzene rings is 3. The fourth-order valence-corrected chi connectivity index (χ4v) is 6.37. The molecular weight excluding hydrogens is 636 g/mol. The number of hydrogen-bond acceptors (Lipinski definition) is 6. The Morgan fingerprint density at radius 2 is 1.65 bits per heavy atom. The van der Waals surface area contributed by atoms with E-state index in [0.717, 1.165) is 64.3 Å². The highest BCUT2D eigenvalue weighted by Gasteiger charge is 2.34. The van der Waals surface area contributed by atoms with Crippen LogP contribution in [0.2, 0.25) is 0 Å². The lowest BCUT2D eigenvalue weighted by molar-refractivity contribution is -0.384. The van der Waals surface area contributed by atoms with Crippen LogP contribution in [0.25, 0.3) is 0 Å². The number of halogens is 1. The van der Waals surface area contributed by atoms with Crippen LogP contribution in [0, 0.1) is 10.1 Å². The summed E-state index contributed by atoms with van der Waals surface area (Å²) in [6.45, 7) is -0.591. The summed E-state index contributed by atoms with van der Waals surface area (Å²) in [5, 5.41) is 14.6. The fraction of sp³-hybridized carbons (Fsp3) is 0.355. The van der Waals surface area contributed by atoms with Gasteiger partial charge < -0.3 is 10.2 Å². The number of anilines is 1. The Morgan fingerprint density at radius 3 is 2.28 bits per heavy atom. The van der Waals surface area contributed by atoms with E-state index in [1.807, 2.05) is 54.6 Å². The summed E-state index contributed by atoms with van der Waals surface area (Å²) in [4.78, 5) is 40.3. The number of nitrogens with zero attached hydrogens (tertiary/aromatic N) is 3. The van der Waals surface area contributed by atoms with Gasteiger partial charge in [-0.1, -0.05) is 83.7 Å². The Hall–Kier alpha value is -3.77. The molecule has 4 rings (SSSR count). The molecule has 0 heterocycles. The molecule has 0 bridgehead atoms. The van der Waals surface area contributed by atoms with Gasteiger partial charge in [0, 0.05) is 35.6 Å². The molecule has 2 amide bonds. The molecule has 0 aliphatic heterocycles. The van der Waals surface area contributed by atoms with Gasteiger partial charge in [-0.05, 0) is 42.2 Å². The van der Waals surface area contributed by atoms with Crippen molar-refractivity contribution in [1.82, 2.24) is 10.2 Å². The van der Waals surface area contributed by atoms with Crippen LogP contribution in [0.4, 0.5) is 11.4 Å².